The summed E-state index contributed by atoms with van der Waals surface area (Å²) in [5.74, 6) is -0.991. The van der Waals surface area contributed by atoms with Gasteiger partial charge in [-0.25, -0.2) is 0 Å². The van der Waals surface area contributed by atoms with Gasteiger partial charge in [0.15, 0.2) is 5.78 Å². The number of carbonyl (C=O) groups is 1. The first-order valence-electron chi connectivity index (χ1n) is 4.48. The maximum Gasteiger partial charge on any atom is 0.264 e. The van der Waals surface area contributed by atoms with Crippen LogP contribution in [0, 0.1) is 0 Å². The van der Waals surface area contributed by atoms with Crippen molar-refractivity contribution in [2.75, 3.05) is 6.61 Å². The molecule has 5 N–H and O–H groups in total. The van der Waals surface area contributed by atoms with E-state index in [1.807, 2.05) is 0 Å². The average Bonchev–Trinajstić information content (AvgIpc) is 2.20. The van der Waals surface area contributed by atoms with Gasteiger partial charge < -0.3 is 30.3 Å². The highest BCUT2D eigenvalue weighted by molar-refractivity contribution is 9.10. The lowest BCUT2D eigenvalue weighted by atomic mass is 9.83. The van der Waals surface area contributed by atoms with Crippen molar-refractivity contribution in [3.8, 4) is 0 Å². The summed E-state index contributed by atoms with van der Waals surface area (Å²) in [6.07, 6.45) is -5.00. The van der Waals surface area contributed by atoms with Crippen molar-refractivity contribution in [1.82, 2.24) is 0 Å². The third-order valence-electron chi connectivity index (χ3n) is 2.63. The molecule has 0 aromatic carbocycles. The molecule has 8 heteroatoms. The summed E-state index contributed by atoms with van der Waals surface area (Å²) in [5.41, 5.74) is -2.71. The summed E-state index contributed by atoms with van der Waals surface area (Å²) in [6.45, 7) is 0.227. The zero-order chi connectivity index (χ0) is 12.7. The number of halogens is 1. The summed E-state index contributed by atoms with van der Waals surface area (Å²) in [4.78, 5) is 11.2. The molecular formula is C8H13BrO7. The van der Waals surface area contributed by atoms with Crippen LogP contribution in [-0.2, 0) is 9.53 Å². The first-order chi connectivity index (χ1) is 7.18. The van der Waals surface area contributed by atoms with E-state index in [0.717, 1.165) is 6.92 Å². The molecule has 0 aromatic rings. The standard InChI is InChI=1S/C8H13BrO7/c1-3(11)7(14)6(13)5(12)4(2-10)16-8(7,9)15/h4-6,10,12-15H,2H2,1H3/t4-,5+,6+,7-,8?/m1/s1. The minimum absolute atomic E-state index is 0.694. The van der Waals surface area contributed by atoms with Crippen LogP contribution in [-0.4, -0.2) is 66.5 Å². The lowest BCUT2D eigenvalue weighted by Crippen LogP contribution is -2.73. The van der Waals surface area contributed by atoms with Crippen molar-refractivity contribution in [2.24, 2.45) is 0 Å². The number of carbonyl (C=O) groups excluding carboxylic acids is 1. The van der Waals surface area contributed by atoms with Crippen LogP contribution in [0.5, 0.6) is 0 Å². The van der Waals surface area contributed by atoms with Crippen LogP contribution in [0.15, 0.2) is 0 Å². The van der Waals surface area contributed by atoms with E-state index in [-0.39, 0.29) is 0 Å². The van der Waals surface area contributed by atoms with E-state index in [0.29, 0.717) is 0 Å². The fourth-order valence-electron chi connectivity index (χ4n) is 1.56. The minimum Gasteiger partial charge on any atom is -0.394 e. The lowest BCUT2D eigenvalue weighted by molar-refractivity contribution is -0.330. The predicted molar refractivity (Wildman–Crippen MR) is 53.5 cm³/mol. The molecule has 5 atom stereocenters. The van der Waals surface area contributed by atoms with Crippen molar-refractivity contribution < 1.29 is 35.1 Å². The van der Waals surface area contributed by atoms with Crippen LogP contribution in [0.1, 0.15) is 6.92 Å². The van der Waals surface area contributed by atoms with Crippen molar-refractivity contribution >= 4 is 21.7 Å². The normalized spacial score (nSPS) is 49.1. The molecule has 1 saturated heterocycles. The van der Waals surface area contributed by atoms with Gasteiger partial charge in [0.25, 0.3) is 4.70 Å². The Labute approximate surface area is 99.4 Å². The molecule has 1 aliphatic heterocycles. The lowest BCUT2D eigenvalue weighted by Gasteiger charge is -2.48. The fourth-order valence-corrected chi connectivity index (χ4v) is 2.32. The van der Waals surface area contributed by atoms with Crippen LogP contribution >= 0.6 is 15.9 Å². The number of aliphatic hydroxyl groups excluding tert-OH is 3. The molecule has 0 spiro atoms. The first-order valence-corrected chi connectivity index (χ1v) is 5.27. The van der Waals surface area contributed by atoms with Crippen LogP contribution < -0.4 is 0 Å². The highest BCUT2D eigenvalue weighted by Gasteiger charge is 2.65. The number of alkyl halides is 1. The number of hydrogen-bond donors (Lipinski definition) is 5. The van der Waals surface area contributed by atoms with Crippen LogP contribution in [0.4, 0.5) is 0 Å². The Morgan fingerprint density at radius 1 is 1.44 bits per heavy atom. The molecule has 1 unspecified atom stereocenters. The second kappa shape index (κ2) is 4.30. The Morgan fingerprint density at radius 3 is 2.31 bits per heavy atom. The number of hydrogen-bond acceptors (Lipinski definition) is 7. The third-order valence-corrected chi connectivity index (χ3v) is 3.42. The highest BCUT2D eigenvalue weighted by Crippen LogP contribution is 2.41. The van der Waals surface area contributed by atoms with Gasteiger partial charge in [-0.15, -0.1) is 0 Å². The monoisotopic (exact) mass is 300 g/mol. The van der Waals surface area contributed by atoms with Crippen LogP contribution in [0.2, 0.25) is 0 Å². The number of ketones is 1. The van der Waals surface area contributed by atoms with Crippen LogP contribution in [0.3, 0.4) is 0 Å². The third kappa shape index (κ3) is 1.80. The van der Waals surface area contributed by atoms with Crippen molar-refractivity contribution in [3.63, 3.8) is 0 Å². The first kappa shape index (κ1) is 14.0. The van der Waals surface area contributed by atoms with Gasteiger partial charge in [0, 0.05) is 0 Å². The number of ether oxygens (including phenoxy) is 1. The molecule has 0 amide bonds. The van der Waals surface area contributed by atoms with E-state index in [1.165, 1.54) is 0 Å². The van der Waals surface area contributed by atoms with Gasteiger partial charge in [0.2, 0.25) is 5.60 Å². The van der Waals surface area contributed by atoms with E-state index >= 15 is 0 Å². The summed E-state index contributed by atoms with van der Waals surface area (Å²) in [7, 11) is 0. The number of rotatable bonds is 2. The van der Waals surface area contributed by atoms with Gasteiger partial charge in [0.1, 0.15) is 18.3 Å². The zero-order valence-electron chi connectivity index (χ0n) is 8.37. The molecule has 7 nitrogen and oxygen atoms in total. The second-order valence-corrected chi connectivity index (χ2v) is 4.73. The van der Waals surface area contributed by atoms with Crippen molar-refractivity contribution in [3.05, 3.63) is 0 Å². The molecule has 1 fully saturated rings. The predicted octanol–water partition coefficient (Wildman–Crippen LogP) is -2.54. The van der Waals surface area contributed by atoms with Gasteiger partial charge in [-0.2, -0.15) is 0 Å². The fraction of sp³-hybridized carbons (Fsp3) is 0.875. The summed E-state index contributed by atoms with van der Waals surface area (Å²) in [5, 5.41) is 47.5. The highest BCUT2D eigenvalue weighted by atomic mass is 79.9. The summed E-state index contributed by atoms with van der Waals surface area (Å²) >= 11 is 2.54. The summed E-state index contributed by atoms with van der Waals surface area (Å²) < 4.78 is 2.15. The smallest absolute Gasteiger partial charge is 0.264 e. The largest absolute Gasteiger partial charge is 0.394 e. The molecule has 0 bridgehead atoms. The molecule has 1 aliphatic rings. The molecule has 16 heavy (non-hydrogen) atoms. The molecule has 0 radical (unpaired) electrons. The number of aliphatic hydroxyl groups is 5. The summed E-state index contributed by atoms with van der Waals surface area (Å²) in [6, 6.07) is 0. The Morgan fingerprint density at radius 2 is 1.94 bits per heavy atom. The van der Waals surface area contributed by atoms with Crippen LogP contribution in [0.25, 0.3) is 0 Å². The molecule has 0 saturated carbocycles. The average molecular weight is 301 g/mol. The maximum absolute atomic E-state index is 11.2. The van der Waals surface area contributed by atoms with Gasteiger partial charge in [-0.3, -0.25) is 4.79 Å². The molecule has 94 valence electrons. The van der Waals surface area contributed by atoms with E-state index in [1.54, 1.807) is 0 Å². The van der Waals surface area contributed by atoms with Crippen molar-refractivity contribution in [2.45, 2.75) is 35.5 Å². The van der Waals surface area contributed by atoms with Gasteiger partial charge in [0.05, 0.1) is 6.61 Å². The molecule has 1 heterocycles. The SMILES string of the molecule is CC(=O)[C@@]1(O)[C@@H](O)[C@@H](O)[C@@H](CO)OC1(O)Br. The molecule has 1 rings (SSSR count). The number of Topliss-reactive ketones (excluding diaryl/α,β-unsaturated/α-hetero) is 1. The Hall–Kier alpha value is -0.0900. The molecular weight excluding hydrogens is 288 g/mol. The molecule has 0 aliphatic carbocycles. The Bertz CT molecular complexity index is 294. The maximum atomic E-state index is 11.2. The van der Waals surface area contributed by atoms with Gasteiger partial charge >= 0.3 is 0 Å². The zero-order valence-corrected chi connectivity index (χ0v) is 9.96. The van der Waals surface area contributed by atoms with E-state index in [2.05, 4.69) is 15.9 Å². The molecule has 0 aromatic heterocycles. The van der Waals surface area contributed by atoms with Gasteiger partial charge in [-0.1, -0.05) is 0 Å². The topological polar surface area (TPSA) is 127 Å². The second-order valence-electron chi connectivity index (χ2n) is 3.66. The van der Waals surface area contributed by atoms with Gasteiger partial charge in [-0.05, 0) is 22.9 Å². The Kier molecular flexibility index (Phi) is 3.75. The quantitative estimate of drug-likeness (QED) is 0.356. The van der Waals surface area contributed by atoms with E-state index in [9.17, 15) is 25.2 Å². The van der Waals surface area contributed by atoms with E-state index in [4.69, 9.17) is 9.84 Å². The van der Waals surface area contributed by atoms with E-state index < -0.39 is 41.0 Å². The minimum atomic E-state index is -2.71. The van der Waals surface area contributed by atoms with Crippen molar-refractivity contribution in [1.29, 1.82) is 0 Å². The Balaban J connectivity index is 3.15.